The minimum absolute atomic E-state index is 0.144. The van der Waals surface area contributed by atoms with Crippen LogP contribution in [0.2, 0.25) is 0 Å². The van der Waals surface area contributed by atoms with E-state index in [2.05, 4.69) is 4.40 Å². The highest BCUT2D eigenvalue weighted by Gasteiger charge is 2.13. The number of sulfonamides is 1. The number of carbonyl (C=O) groups is 1. The molecule has 0 amide bonds. The van der Waals surface area contributed by atoms with E-state index >= 15 is 0 Å². The summed E-state index contributed by atoms with van der Waals surface area (Å²) in [5.74, 6) is 0.0644. The van der Waals surface area contributed by atoms with Crippen molar-refractivity contribution in [1.82, 2.24) is 4.57 Å². The molecule has 29 heavy (non-hydrogen) atoms. The first-order valence-corrected chi connectivity index (χ1v) is 11.1. The SMILES string of the molecule is CCOC(=O)COc1ccc(-n2ccs/c2=N\S(=O)(=O)c2ccc(C)cc2)cc1. The minimum Gasteiger partial charge on any atom is -0.482 e. The van der Waals surface area contributed by atoms with Gasteiger partial charge < -0.3 is 9.47 Å². The van der Waals surface area contributed by atoms with Gasteiger partial charge in [0.15, 0.2) is 6.61 Å². The molecular weight excluding hydrogens is 412 g/mol. The lowest BCUT2D eigenvalue weighted by Crippen LogP contribution is -2.15. The summed E-state index contributed by atoms with van der Waals surface area (Å²) in [7, 11) is -3.82. The summed E-state index contributed by atoms with van der Waals surface area (Å²) in [6.45, 7) is 3.75. The van der Waals surface area contributed by atoms with Crippen LogP contribution in [0, 0.1) is 6.92 Å². The second kappa shape index (κ2) is 9.06. The lowest BCUT2D eigenvalue weighted by molar-refractivity contribution is -0.145. The van der Waals surface area contributed by atoms with Crippen molar-refractivity contribution in [3.8, 4) is 11.4 Å². The number of esters is 1. The lowest BCUT2D eigenvalue weighted by Gasteiger charge is -2.07. The zero-order valence-corrected chi connectivity index (χ0v) is 17.6. The molecule has 0 fully saturated rings. The monoisotopic (exact) mass is 432 g/mol. The van der Waals surface area contributed by atoms with Crippen LogP contribution in [0.25, 0.3) is 5.69 Å². The van der Waals surface area contributed by atoms with Crippen molar-refractivity contribution in [2.24, 2.45) is 4.40 Å². The van der Waals surface area contributed by atoms with Crippen molar-refractivity contribution in [2.45, 2.75) is 18.7 Å². The van der Waals surface area contributed by atoms with Gasteiger partial charge in [0.1, 0.15) is 5.75 Å². The average molecular weight is 433 g/mol. The van der Waals surface area contributed by atoms with E-state index in [4.69, 9.17) is 9.47 Å². The van der Waals surface area contributed by atoms with Crippen molar-refractivity contribution in [1.29, 1.82) is 0 Å². The van der Waals surface area contributed by atoms with E-state index in [0.717, 1.165) is 5.56 Å². The van der Waals surface area contributed by atoms with Crippen molar-refractivity contribution in [2.75, 3.05) is 13.2 Å². The molecule has 0 spiro atoms. The number of rotatable bonds is 7. The topological polar surface area (TPSA) is 87.0 Å². The molecule has 3 rings (SSSR count). The Morgan fingerprint density at radius 2 is 1.79 bits per heavy atom. The molecule has 0 radical (unpaired) electrons. The number of ether oxygens (including phenoxy) is 2. The molecule has 0 bridgehead atoms. The van der Waals surface area contributed by atoms with E-state index in [1.165, 1.54) is 11.3 Å². The predicted molar refractivity (Wildman–Crippen MR) is 110 cm³/mol. The van der Waals surface area contributed by atoms with E-state index in [-0.39, 0.29) is 11.5 Å². The Kier molecular flexibility index (Phi) is 6.50. The Balaban J connectivity index is 1.83. The van der Waals surface area contributed by atoms with E-state index in [0.29, 0.717) is 22.8 Å². The van der Waals surface area contributed by atoms with Gasteiger partial charge in [0.05, 0.1) is 11.5 Å². The van der Waals surface area contributed by atoms with Crippen LogP contribution in [0.3, 0.4) is 0 Å². The summed E-state index contributed by atoms with van der Waals surface area (Å²) in [6.07, 6.45) is 1.74. The summed E-state index contributed by atoms with van der Waals surface area (Å²) >= 11 is 1.22. The molecule has 152 valence electrons. The first kappa shape index (κ1) is 20.8. The highest BCUT2D eigenvalue weighted by atomic mass is 32.2. The Morgan fingerprint density at radius 1 is 1.10 bits per heavy atom. The molecule has 0 aliphatic carbocycles. The molecule has 0 aliphatic heterocycles. The fraction of sp³-hybridized carbons (Fsp3) is 0.200. The summed E-state index contributed by atoms with van der Waals surface area (Å²) < 4.78 is 41.1. The number of aromatic nitrogens is 1. The molecule has 0 N–H and O–H groups in total. The highest BCUT2D eigenvalue weighted by Crippen LogP contribution is 2.16. The standard InChI is InChI=1S/C20H20N2O5S2/c1-3-26-19(23)14-27-17-8-6-16(7-9-17)22-12-13-28-20(22)21-29(24,25)18-10-4-15(2)5-11-18/h4-13H,3,14H2,1-2H3/b21-20-. The maximum absolute atomic E-state index is 12.6. The van der Waals surface area contributed by atoms with Gasteiger partial charge in [0.25, 0.3) is 10.0 Å². The molecule has 0 atom stereocenters. The van der Waals surface area contributed by atoms with Gasteiger partial charge in [-0.3, -0.25) is 4.57 Å². The Bertz CT molecular complexity index is 1140. The van der Waals surface area contributed by atoms with Crippen LogP contribution in [0.5, 0.6) is 5.75 Å². The second-order valence-electron chi connectivity index (χ2n) is 6.02. The number of carbonyl (C=O) groups excluding carboxylic acids is 1. The molecule has 0 saturated carbocycles. The second-order valence-corrected chi connectivity index (χ2v) is 8.50. The molecule has 1 heterocycles. The molecule has 1 aromatic heterocycles. The van der Waals surface area contributed by atoms with Crippen molar-refractivity contribution in [3.05, 3.63) is 70.5 Å². The third kappa shape index (κ3) is 5.33. The van der Waals surface area contributed by atoms with Crippen LogP contribution in [-0.4, -0.2) is 32.2 Å². The third-order valence-corrected chi connectivity index (χ3v) is 6.04. The van der Waals surface area contributed by atoms with Crippen molar-refractivity contribution >= 4 is 27.3 Å². The Labute approximate surface area is 172 Å². The van der Waals surface area contributed by atoms with Crippen molar-refractivity contribution < 1.29 is 22.7 Å². The number of hydrogen-bond acceptors (Lipinski definition) is 6. The first-order valence-electron chi connectivity index (χ1n) is 8.82. The van der Waals surface area contributed by atoms with Crippen LogP contribution in [0.15, 0.2) is 69.4 Å². The molecule has 0 aliphatic rings. The van der Waals surface area contributed by atoms with E-state index in [1.807, 2.05) is 6.92 Å². The molecule has 3 aromatic rings. The van der Waals surface area contributed by atoms with Gasteiger partial charge >= 0.3 is 5.97 Å². The van der Waals surface area contributed by atoms with Crippen LogP contribution >= 0.6 is 11.3 Å². The van der Waals surface area contributed by atoms with Gasteiger partial charge in [-0.2, -0.15) is 8.42 Å². The zero-order valence-electron chi connectivity index (χ0n) is 15.9. The Morgan fingerprint density at radius 3 is 2.45 bits per heavy atom. The summed E-state index contributed by atoms with van der Waals surface area (Å²) in [6, 6.07) is 13.5. The predicted octanol–water partition coefficient (Wildman–Crippen LogP) is 3.08. The van der Waals surface area contributed by atoms with Crippen LogP contribution < -0.4 is 9.54 Å². The van der Waals surface area contributed by atoms with Crippen LogP contribution in [0.1, 0.15) is 12.5 Å². The average Bonchev–Trinajstić information content (AvgIpc) is 3.15. The molecule has 0 saturated heterocycles. The fourth-order valence-electron chi connectivity index (χ4n) is 2.45. The maximum atomic E-state index is 12.6. The summed E-state index contributed by atoms with van der Waals surface area (Å²) in [5.41, 5.74) is 1.69. The normalized spacial score (nSPS) is 12.0. The molecule has 0 unspecified atom stereocenters. The maximum Gasteiger partial charge on any atom is 0.344 e. The van der Waals surface area contributed by atoms with Gasteiger partial charge in [-0.15, -0.1) is 15.7 Å². The van der Waals surface area contributed by atoms with Gasteiger partial charge in [-0.05, 0) is 50.2 Å². The Hall–Kier alpha value is -2.91. The van der Waals surface area contributed by atoms with E-state index in [9.17, 15) is 13.2 Å². The summed E-state index contributed by atoms with van der Waals surface area (Å²) in [4.78, 5) is 11.8. The minimum atomic E-state index is -3.82. The molecular formula is C20H20N2O5S2. The highest BCUT2D eigenvalue weighted by molar-refractivity contribution is 7.90. The number of aryl methyl sites for hydroxylation is 1. The fourth-order valence-corrected chi connectivity index (χ4v) is 4.38. The molecule has 2 aromatic carbocycles. The zero-order chi connectivity index (χ0) is 20.9. The smallest absolute Gasteiger partial charge is 0.344 e. The van der Waals surface area contributed by atoms with Gasteiger partial charge in [0, 0.05) is 17.3 Å². The lowest BCUT2D eigenvalue weighted by atomic mass is 10.2. The van der Waals surface area contributed by atoms with Crippen LogP contribution in [-0.2, 0) is 19.6 Å². The van der Waals surface area contributed by atoms with Gasteiger partial charge in [-0.1, -0.05) is 17.7 Å². The third-order valence-electron chi connectivity index (χ3n) is 3.88. The molecule has 9 heteroatoms. The van der Waals surface area contributed by atoms with Crippen molar-refractivity contribution in [3.63, 3.8) is 0 Å². The number of hydrogen-bond donors (Lipinski definition) is 0. The first-order chi connectivity index (χ1) is 13.9. The molecule has 7 nitrogen and oxygen atoms in total. The summed E-state index contributed by atoms with van der Waals surface area (Å²) in [5, 5.41) is 1.76. The quantitative estimate of drug-likeness (QED) is 0.536. The number of nitrogens with zero attached hydrogens (tertiary/aromatic N) is 2. The van der Waals surface area contributed by atoms with Gasteiger partial charge in [-0.25, -0.2) is 4.79 Å². The van der Waals surface area contributed by atoms with E-state index in [1.54, 1.807) is 71.6 Å². The largest absolute Gasteiger partial charge is 0.482 e. The van der Waals surface area contributed by atoms with Gasteiger partial charge in [0.2, 0.25) is 4.80 Å². The van der Waals surface area contributed by atoms with Crippen LogP contribution in [0.4, 0.5) is 0 Å². The number of benzene rings is 2. The number of thiazole rings is 1. The van der Waals surface area contributed by atoms with E-state index < -0.39 is 16.0 Å².